The van der Waals surface area contributed by atoms with Gasteiger partial charge >= 0.3 is 0 Å². The molecule has 2 heterocycles. The van der Waals surface area contributed by atoms with Crippen LogP contribution in [0.2, 0.25) is 0 Å². The van der Waals surface area contributed by atoms with Gasteiger partial charge in [0, 0.05) is 13.0 Å². The van der Waals surface area contributed by atoms with E-state index in [0.717, 1.165) is 43.6 Å². The number of carbonyl (C=O) groups is 1. The molecule has 1 aromatic heterocycles. The first kappa shape index (κ1) is 18.0. The van der Waals surface area contributed by atoms with Crippen LogP contribution in [0.3, 0.4) is 0 Å². The predicted octanol–water partition coefficient (Wildman–Crippen LogP) is 3.11. The van der Waals surface area contributed by atoms with Crippen molar-refractivity contribution in [3.63, 3.8) is 0 Å². The van der Waals surface area contributed by atoms with Crippen molar-refractivity contribution in [3.8, 4) is 0 Å². The monoisotopic (exact) mass is 341 g/mol. The second-order valence-corrected chi connectivity index (χ2v) is 9.02. The van der Waals surface area contributed by atoms with E-state index in [1.807, 2.05) is 19.1 Å². The highest BCUT2D eigenvalue weighted by molar-refractivity contribution is 7.92. The number of hydrogen-bond acceptors (Lipinski definition) is 4. The molecule has 0 unspecified atom stereocenters. The Balaban J connectivity index is 2.22. The Morgan fingerprint density at radius 1 is 1.30 bits per heavy atom. The first-order chi connectivity index (χ1) is 10.8. The lowest BCUT2D eigenvalue weighted by molar-refractivity contribution is -0.131. The van der Waals surface area contributed by atoms with Crippen molar-refractivity contribution in [1.29, 1.82) is 0 Å². The first-order valence-corrected chi connectivity index (χ1v) is 10.2. The summed E-state index contributed by atoms with van der Waals surface area (Å²) >= 11 is 0. The topological polar surface area (TPSA) is 67.6 Å². The number of sulfone groups is 1. The molecule has 0 saturated carbocycles. The summed E-state index contributed by atoms with van der Waals surface area (Å²) in [6.45, 7) is 5.85. The van der Waals surface area contributed by atoms with Crippen LogP contribution in [0.4, 0.5) is 0 Å². The van der Waals surface area contributed by atoms with E-state index < -0.39 is 20.8 Å². The lowest BCUT2D eigenvalue weighted by Crippen LogP contribution is -2.39. The predicted molar refractivity (Wildman–Crippen MR) is 89.9 cm³/mol. The Hall–Kier alpha value is -1.30. The Bertz CT molecular complexity index is 633. The number of hydrogen-bond donors (Lipinski definition) is 0. The van der Waals surface area contributed by atoms with Gasteiger partial charge in [-0.05, 0) is 38.8 Å². The van der Waals surface area contributed by atoms with Gasteiger partial charge in [0.15, 0.2) is 9.84 Å². The van der Waals surface area contributed by atoms with Crippen LogP contribution in [0.1, 0.15) is 64.0 Å². The van der Waals surface area contributed by atoms with Crippen molar-refractivity contribution >= 4 is 15.7 Å². The molecule has 0 aromatic carbocycles. The van der Waals surface area contributed by atoms with E-state index in [1.165, 1.54) is 0 Å². The molecule has 0 N–H and O–H groups in total. The van der Waals surface area contributed by atoms with Crippen LogP contribution in [0.25, 0.3) is 0 Å². The molecule has 0 aliphatic carbocycles. The molecule has 6 heteroatoms. The second-order valence-electron chi connectivity index (χ2n) is 6.47. The third kappa shape index (κ3) is 4.37. The van der Waals surface area contributed by atoms with Gasteiger partial charge < -0.3 is 9.32 Å². The maximum atomic E-state index is 12.6. The van der Waals surface area contributed by atoms with E-state index in [-0.39, 0.29) is 11.9 Å². The molecule has 1 atom stereocenters. The molecule has 1 fully saturated rings. The fraction of sp³-hybridized carbons (Fsp3) is 0.706. The average Bonchev–Trinajstić information content (AvgIpc) is 2.83. The SMILES string of the molecule is CCc1ccc([C@H]2CCCCCN2C(=O)CS(=O)(=O)C(C)C)o1. The van der Waals surface area contributed by atoms with Crippen molar-refractivity contribution in [2.24, 2.45) is 0 Å². The number of likely N-dealkylation sites (tertiary alicyclic amines) is 1. The van der Waals surface area contributed by atoms with Crippen molar-refractivity contribution in [1.82, 2.24) is 4.90 Å². The summed E-state index contributed by atoms with van der Waals surface area (Å²) in [4.78, 5) is 14.3. The van der Waals surface area contributed by atoms with Crippen molar-refractivity contribution in [3.05, 3.63) is 23.7 Å². The number of aryl methyl sites for hydroxylation is 1. The highest BCUT2D eigenvalue weighted by atomic mass is 32.2. The summed E-state index contributed by atoms with van der Waals surface area (Å²) in [7, 11) is -3.39. The lowest BCUT2D eigenvalue weighted by Gasteiger charge is -2.29. The minimum absolute atomic E-state index is 0.146. The van der Waals surface area contributed by atoms with Crippen LogP contribution >= 0.6 is 0 Å². The Morgan fingerprint density at radius 3 is 2.65 bits per heavy atom. The molecule has 2 rings (SSSR count). The number of nitrogens with zero attached hydrogens (tertiary/aromatic N) is 1. The maximum Gasteiger partial charge on any atom is 0.238 e. The van der Waals surface area contributed by atoms with Crippen LogP contribution in [0, 0.1) is 0 Å². The number of carbonyl (C=O) groups excluding carboxylic acids is 1. The summed E-state index contributed by atoms with van der Waals surface area (Å²) < 4.78 is 30.0. The summed E-state index contributed by atoms with van der Waals surface area (Å²) in [6, 6.07) is 3.72. The molecule has 1 aliphatic heterocycles. The molecule has 5 nitrogen and oxygen atoms in total. The van der Waals surface area contributed by atoms with E-state index in [4.69, 9.17) is 4.42 Å². The van der Waals surface area contributed by atoms with Gasteiger partial charge in [-0.15, -0.1) is 0 Å². The van der Waals surface area contributed by atoms with Crippen molar-refractivity contribution in [2.75, 3.05) is 12.3 Å². The minimum Gasteiger partial charge on any atom is -0.464 e. The largest absolute Gasteiger partial charge is 0.464 e. The molecular formula is C17H27NO4S. The number of rotatable bonds is 5. The highest BCUT2D eigenvalue weighted by Gasteiger charge is 2.32. The van der Waals surface area contributed by atoms with E-state index in [1.54, 1.807) is 18.7 Å². The molecule has 0 spiro atoms. The fourth-order valence-corrected chi connectivity index (χ4v) is 3.73. The zero-order valence-electron chi connectivity index (χ0n) is 14.2. The minimum atomic E-state index is -3.39. The third-order valence-electron chi connectivity index (χ3n) is 4.48. The quantitative estimate of drug-likeness (QED) is 0.825. The molecule has 0 bridgehead atoms. The number of furan rings is 1. The van der Waals surface area contributed by atoms with Crippen LogP contribution in [-0.2, 0) is 21.1 Å². The van der Waals surface area contributed by atoms with E-state index in [2.05, 4.69) is 0 Å². The third-order valence-corrected chi connectivity index (χ3v) is 6.56. The van der Waals surface area contributed by atoms with Gasteiger partial charge in [-0.3, -0.25) is 4.79 Å². The molecule has 23 heavy (non-hydrogen) atoms. The van der Waals surface area contributed by atoms with Gasteiger partial charge in [-0.25, -0.2) is 8.42 Å². The first-order valence-electron chi connectivity index (χ1n) is 8.44. The average molecular weight is 341 g/mol. The standard InChI is InChI=1S/C17H27NO4S/c1-4-14-9-10-16(22-14)15-8-6-5-7-11-18(15)17(19)12-23(20,21)13(2)3/h9-10,13,15H,4-8,11-12H2,1-3H3/t15-/m1/s1. The van der Waals surface area contributed by atoms with Gasteiger partial charge in [-0.1, -0.05) is 19.8 Å². The molecule has 1 aliphatic rings. The number of amides is 1. The molecule has 1 saturated heterocycles. The summed E-state index contributed by atoms with van der Waals surface area (Å²) in [5.41, 5.74) is 0. The van der Waals surface area contributed by atoms with Crippen molar-refractivity contribution in [2.45, 2.75) is 64.2 Å². The second kappa shape index (κ2) is 7.51. The zero-order chi connectivity index (χ0) is 17.0. The summed E-state index contributed by atoms with van der Waals surface area (Å²) in [5, 5.41) is -0.535. The van der Waals surface area contributed by atoms with Gasteiger partial charge in [0.2, 0.25) is 5.91 Å². The van der Waals surface area contributed by atoms with Crippen LogP contribution in [0.5, 0.6) is 0 Å². The van der Waals surface area contributed by atoms with Gasteiger partial charge in [0.25, 0.3) is 0 Å². The lowest BCUT2D eigenvalue weighted by atomic mass is 10.1. The highest BCUT2D eigenvalue weighted by Crippen LogP contribution is 2.31. The van der Waals surface area contributed by atoms with Crippen LogP contribution in [0.15, 0.2) is 16.5 Å². The fourth-order valence-electron chi connectivity index (χ4n) is 2.89. The van der Waals surface area contributed by atoms with Crippen LogP contribution < -0.4 is 0 Å². The van der Waals surface area contributed by atoms with E-state index in [0.29, 0.717) is 6.54 Å². The smallest absolute Gasteiger partial charge is 0.238 e. The van der Waals surface area contributed by atoms with Gasteiger partial charge in [0.05, 0.1) is 11.3 Å². The summed E-state index contributed by atoms with van der Waals surface area (Å²) in [6.07, 6.45) is 4.62. The molecule has 0 radical (unpaired) electrons. The molecule has 1 amide bonds. The maximum absolute atomic E-state index is 12.6. The summed E-state index contributed by atoms with van der Waals surface area (Å²) in [5.74, 6) is 0.952. The molecular weight excluding hydrogens is 314 g/mol. The van der Waals surface area contributed by atoms with E-state index >= 15 is 0 Å². The normalized spacial score (nSPS) is 19.8. The van der Waals surface area contributed by atoms with Crippen molar-refractivity contribution < 1.29 is 17.6 Å². The van der Waals surface area contributed by atoms with Crippen LogP contribution in [-0.4, -0.2) is 36.8 Å². The molecule has 1 aromatic rings. The van der Waals surface area contributed by atoms with Gasteiger partial charge in [-0.2, -0.15) is 0 Å². The Kier molecular flexibility index (Phi) is 5.89. The molecule has 130 valence electrons. The van der Waals surface area contributed by atoms with Gasteiger partial charge in [0.1, 0.15) is 17.3 Å². The Labute approximate surface area is 139 Å². The van der Waals surface area contributed by atoms with E-state index in [9.17, 15) is 13.2 Å². The zero-order valence-corrected chi connectivity index (χ0v) is 15.1. The Morgan fingerprint density at radius 2 is 2.04 bits per heavy atom.